The van der Waals surface area contributed by atoms with Crippen molar-refractivity contribution in [3.05, 3.63) is 65.7 Å². The van der Waals surface area contributed by atoms with Crippen LogP contribution in [0.25, 0.3) is 6.08 Å². The molecular formula is C16H16OS. The topological polar surface area (TPSA) is 20.2 Å². The van der Waals surface area contributed by atoms with Crippen molar-refractivity contribution in [3.63, 3.8) is 0 Å². The first kappa shape index (κ1) is 12.8. The van der Waals surface area contributed by atoms with Crippen LogP contribution in [0.15, 0.2) is 59.5 Å². The molecule has 2 aromatic rings. The van der Waals surface area contributed by atoms with Gasteiger partial charge in [0, 0.05) is 4.90 Å². The van der Waals surface area contributed by atoms with Gasteiger partial charge in [0.05, 0.1) is 0 Å². The van der Waals surface area contributed by atoms with Crippen molar-refractivity contribution in [2.75, 3.05) is 6.26 Å². The number of thioether (sulfide) groups is 1. The third kappa shape index (κ3) is 3.41. The highest BCUT2D eigenvalue weighted by atomic mass is 32.2. The monoisotopic (exact) mass is 256 g/mol. The second-order valence-corrected chi connectivity index (χ2v) is 4.89. The lowest BCUT2D eigenvalue weighted by molar-refractivity contribution is 0.470. The summed E-state index contributed by atoms with van der Waals surface area (Å²) >= 11 is 1.74. The summed E-state index contributed by atoms with van der Waals surface area (Å²) in [5.41, 5.74) is 2.14. The number of phenols is 1. The minimum atomic E-state index is 0.361. The Hall–Kier alpha value is -1.67. The lowest BCUT2D eigenvalue weighted by Crippen LogP contribution is -1.81. The van der Waals surface area contributed by atoms with Gasteiger partial charge in [-0.25, -0.2) is 0 Å². The lowest BCUT2D eigenvalue weighted by Gasteiger charge is -2.00. The molecule has 0 heterocycles. The minimum absolute atomic E-state index is 0.361. The maximum atomic E-state index is 9.64. The molecular weight excluding hydrogens is 240 g/mol. The zero-order valence-electron chi connectivity index (χ0n) is 10.3. The summed E-state index contributed by atoms with van der Waals surface area (Å²) in [6.07, 6.45) is 6.97. The number of benzene rings is 2. The highest BCUT2D eigenvalue weighted by molar-refractivity contribution is 7.98. The van der Waals surface area contributed by atoms with Crippen molar-refractivity contribution in [2.24, 2.45) is 0 Å². The number of hydrogen-bond donors (Lipinski definition) is 1. The molecule has 0 radical (unpaired) electrons. The van der Waals surface area contributed by atoms with Gasteiger partial charge in [-0.05, 0) is 42.0 Å². The Labute approximate surface area is 112 Å². The van der Waals surface area contributed by atoms with Crippen molar-refractivity contribution < 1.29 is 5.11 Å². The fourth-order valence-electron chi connectivity index (χ4n) is 1.72. The van der Waals surface area contributed by atoms with Gasteiger partial charge in [-0.3, -0.25) is 0 Å². The molecule has 0 bridgehead atoms. The number of phenolic OH excluding ortho intramolecular Hbond substituents is 1. The van der Waals surface area contributed by atoms with Crippen LogP contribution < -0.4 is 0 Å². The van der Waals surface area contributed by atoms with Gasteiger partial charge < -0.3 is 5.11 Å². The standard InChI is InChI=1S/C16H16OS/c1-18-15-11-9-13(10-12-15)5-4-7-14-6-2-3-8-16(14)17/h2-6,8-12,17H,7H2,1H3/b5-4+. The van der Waals surface area contributed by atoms with Crippen LogP contribution in [0.2, 0.25) is 0 Å². The molecule has 0 saturated heterocycles. The zero-order chi connectivity index (χ0) is 12.8. The second-order valence-electron chi connectivity index (χ2n) is 4.01. The van der Waals surface area contributed by atoms with Crippen molar-refractivity contribution in [1.82, 2.24) is 0 Å². The van der Waals surface area contributed by atoms with E-state index in [1.54, 1.807) is 17.8 Å². The number of hydrogen-bond acceptors (Lipinski definition) is 2. The first-order chi connectivity index (χ1) is 8.79. The van der Waals surface area contributed by atoms with Crippen molar-refractivity contribution in [2.45, 2.75) is 11.3 Å². The molecule has 92 valence electrons. The van der Waals surface area contributed by atoms with Crippen LogP contribution in [0.5, 0.6) is 5.75 Å². The maximum Gasteiger partial charge on any atom is 0.119 e. The third-order valence-electron chi connectivity index (χ3n) is 2.76. The molecule has 0 saturated carbocycles. The van der Waals surface area contributed by atoms with Gasteiger partial charge in [-0.1, -0.05) is 42.5 Å². The maximum absolute atomic E-state index is 9.64. The van der Waals surface area contributed by atoms with Crippen molar-refractivity contribution in [1.29, 1.82) is 0 Å². The quantitative estimate of drug-likeness (QED) is 0.820. The molecule has 1 nitrogen and oxygen atoms in total. The summed E-state index contributed by atoms with van der Waals surface area (Å²) in [7, 11) is 0. The molecule has 0 aliphatic carbocycles. The van der Waals surface area contributed by atoms with Crippen LogP contribution in [0, 0.1) is 0 Å². The highest BCUT2D eigenvalue weighted by Gasteiger charge is 1.96. The Morgan fingerprint density at radius 3 is 2.44 bits per heavy atom. The summed E-state index contributed by atoms with van der Waals surface area (Å²) in [6, 6.07) is 15.9. The van der Waals surface area contributed by atoms with Gasteiger partial charge in [0.2, 0.25) is 0 Å². The van der Waals surface area contributed by atoms with Crippen LogP contribution in [0.3, 0.4) is 0 Å². The smallest absolute Gasteiger partial charge is 0.119 e. The Morgan fingerprint density at radius 2 is 1.78 bits per heavy atom. The first-order valence-electron chi connectivity index (χ1n) is 5.87. The number of para-hydroxylation sites is 1. The van der Waals surface area contributed by atoms with Crippen LogP contribution in [-0.2, 0) is 6.42 Å². The van der Waals surface area contributed by atoms with Gasteiger partial charge in [0.1, 0.15) is 5.75 Å². The van der Waals surface area contributed by atoms with E-state index in [-0.39, 0.29) is 0 Å². The van der Waals surface area contributed by atoms with E-state index in [2.05, 4.69) is 42.7 Å². The van der Waals surface area contributed by atoms with Gasteiger partial charge in [0.15, 0.2) is 0 Å². The average molecular weight is 256 g/mol. The predicted octanol–water partition coefficient (Wildman–Crippen LogP) is 4.37. The SMILES string of the molecule is CSc1ccc(/C=C/Cc2ccccc2O)cc1. The van der Waals surface area contributed by atoms with Gasteiger partial charge in [-0.15, -0.1) is 11.8 Å². The van der Waals surface area contributed by atoms with E-state index >= 15 is 0 Å². The summed E-state index contributed by atoms with van der Waals surface area (Å²) in [5.74, 6) is 0.361. The van der Waals surface area contributed by atoms with Gasteiger partial charge in [0.25, 0.3) is 0 Å². The van der Waals surface area contributed by atoms with E-state index in [0.717, 1.165) is 12.0 Å². The number of rotatable bonds is 4. The minimum Gasteiger partial charge on any atom is -0.508 e. The number of aromatic hydroxyl groups is 1. The fraction of sp³-hybridized carbons (Fsp3) is 0.125. The van der Waals surface area contributed by atoms with Crippen molar-refractivity contribution >= 4 is 17.8 Å². The van der Waals surface area contributed by atoms with Gasteiger partial charge in [-0.2, -0.15) is 0 Å². The second kappa shape index (κ2) is 6.31. The Kier molecular flexibility index (Phi) is 4.48. The van der Waals surface area contributed by atoms with E-state index in [0.29, 0.717) is 5.75 Å². The molecule has 0 aliphatic rings. The molecule has 2 rings (SSSR count). The normalized spacial score (nSPS) is 10.9. The van der Waals surface area contributed by atoms with E-state index in [1.165, 1.54) is 10.5 Å². The first-order valence-corrected chi connectivity index (χ1v) is 7.09. The molecule has 2 heteroatoms. The average Bonchev–Trinajstić information content (AvgIpc) is 2.42. The molecule has 0 amide bonds. The molecule has 0 fully saturated rings. The Balaban J connectivity index is 2.01. The predicted molar refractivity (Wildman–Crippen MR) is 79.1 cm³/mol. The highest BCUT2D eigenvalue weighted by Crippen LogP contribution is 2.18. The lowest BCUT2D eigenvalue weighted by atomic mass is 10.1. The van der Waals surface area contributed by atoms with Crippen molar-refractivity contribution in [3.8, 4) is 5.75 Å². The fourth-order valence-corrected chi connectivity index (χ4v) is 2.13. The molecule has 0 aromatic heterocycles. The Morgan fingerprint density at radius 1 is 1.06 bits per heavy atom. The van der Waals surface area contributed by atoms with E-state index in [9.17, 15) is 5.11 Å². The van der Waals surface area contributed by atoms with E-state index in [4.69, 9.17) is 0 Å². The van der Waals surface area contributed by atoms with E-state index in [1.807, 2.05) is 18.2 Å². The van der Waals surface area contributed by atoms with Crippen LogP contribution in [0.4, 0.5) is 0 Å². The van der Waals surface area contributed by atoms with Crippen LogP contribution in [-0.4, -0.2) is 11.4 Å². The zero-order valence-corrected chi connectivity index (χ0v) is 11.2. The Bertz CT molecular complexity index is 529. The molecule has 1 N–H and O–H groups in total. The van der Waals surface area contributed by atoms with E-state index < -0.39 is 0 Å². The van der Waals surface area contributed by atoms with Gasteiger partial charge >= 0.3 is 0 Å². The summed E-state index contributed by atoms with van der Waals surface area (Å²) in [6.45, 7) is 0. The molecule has 0 unspecified atom stereocenters. The molecule has 2 aromatic carbocycles. The van der Waals surface area contributed by atoms with Crippen LogP contribution >= 0.6 is 11.8 Å². The molecule has 0 spiro atoms. The molecule has 18 heavy (non-hydrogen) atoms. The third-order valence-corrected chi connectivity index (χ3v) is 3.50. The summed E-state index contributed by atoms with van der Waals surface area (Å²) < 4.78 is 0. The largest absolute Gasteiger partial charge is 0.508 e. The molecule has 0 atom stereocenters. The number of allylic oxidation sites excluding steroid dienone is 1. The van der Waals surface area contributed by atoms with Crippen LogP contribution in [0.1, 0.15) is 11.1 Å². The summed E-state index contributed by atoms with van der Waals surface area (Å²) in [4.78, 5) is 1.27. The molecule has 0 aliphatic heterocycles. The summed E-state index contributed by atoms with van der Waals surface area (Å²) in [5, 5.41) is 9.64.